The highest BCUT2D eigenvalue weighted by molar-refractivity contribution is 5.16. The molecule has 6 N–H and O–H groups in total. The van der Waals surface area contributed by atoms with E-state index in [2.05, 4.69) is 10.3 Å². The summed E-state index contributed by atoms with van der Waals surface area (Å²) in [6.07, 6.45) is -1.49. The van der Waals surface area contributed by atoms with Gasteiger partial charge in [0.2, 0.25) is 0 Å². The van der Waals surface area contributed by atoms with Crippen LogP contribution in [-0.2, 0) is 0 Å². The van der Waals surface area contributed by atoms with Crippen molar-refractivity contribution in [2.45, 2.75) is 30.4 Å². The molecule has 1 aromatic heterocycles. The average Bonchev–Trinajstić information content (AvgIpc) is 2.89. The second kappa shape index (κ2) is 4.52. The number of aromatic amines is 1. The first-order valence-electron chi connectivity index (χ1n) is 5.19. The number of rotatable bonds is 3. The van der Waals surface area contributed by atoms with Crippen molar-refractivity contribution in [2.75, 3.05) is 6.61 Å². The zero-order valence-electron chi connectivity index (χ0n) is 8.61. The molecule has 6 nitrogen and oxygen atoms in total. The van der Waals surface area contributed by atoms with Gasteiger partial charge in [-0.15, -0.1) is 0 Å². The molecule has 0 radical (unpaired) electrons. The van der Waals surface area contributed by atoms with Crippen LogP contribution in [0.5, 0.6) is 0 Å². The van der Waals surface area contributed by atoms with Crippen molar-refractivity contribution < 1.29 is 20.4 Å². The maximum atomic E-state index is 9.82. The summed E-state index contributed by atoms with van der Waals surface area (Å²) in [7, 11) is 0. The minimum Gasteiger partial charge on any atom is -0.394 e. The van der Waals surface area contributed by atoms with E-state index >= 15 is 0 Å². The standard InChI is InChI=1S/C10H16N2O4/c13-4-6(14)8-10(16)9(15)7(12-8)5-2-1-3-11-5/h1-3,6-16H,4H2/t6?,7-,8-,9+,10-/m0/s1. The molecule has 0 saturated carbocycles. The summed E-state index contributed by atoms with van der Waals surface area (Å²) in [5.41, 5.74) is 0.735. The minimum absolute atomic E-state index is 0.459. The number of aliphatic hydroxyl groups excluding tert-OH is 4. The summed E-state index contributed by atoms with van der Waals surface area (Å²) in [6, 6.07) is 2.37. The molecule has 1 aliphatic heterocycles. The summed E-state index contributed by atoms with van der Waals surface area (Å²) in [5, 5.41) is 40.7. The minimum atomic E-state index is -1.10. The molecule has 0 bridgehead atoms. The molecule has 0 spiro atoms. The number of aromatic nitrogens is 1. The summed E-state index contributed by atoms with van der Waals surface area (Å²) in [6.45, 7) is -0.459. The lowest BCUT2D eigenvalue weighted by atomic mass is 10.0. The first-order chi connectivity index (χ1) is 7.65. The Balaban J connectivity index is 2.14. The second-order valence-corrected chi connectivity index (χ2v) is 4.03. The third-order valence-corrected chi connectivity index (χ3v) is 2.99. The van der Waals surface area contributed by atoms with Gasteiger partial charge in [-0.05, 0) is 12.1 Å². The smallest absolute Gasteiger partial charge is 0.102 e. The Labute approximate surface area is 92.6 Å². The van der Waals surface area contributed by atoms with E-state index in [1.165, 1.54) is 0 Å². The van der Waals surface area contributed by atoms with Crippen molar-refractivity contribution in [1.82, 2.24) is 10.3 Å². The fraction of sp³-hybridized carbons (Fsp3) is 0.600. The highest BCUT2D eigenvalue weighted by atomic mass is 16.3. The number of hydrogen-bond donors (Lipinski definition) is 6. The van der Waals surface area contributed by atoms with E-state index in [-0.39, 0.29) is 0 Å². The molecule has 2 rings (SSSR count). The van der Waals surface area contributed by atoms with Crippen molar-refractivity contribution >= 4 is 0 Å². The van der Waals surface area contributed by atoms with Crippen LogP contribution in [-0.4, -0.2) is 56.4 Å². The van der Waals surface area contributed by atoms with Crippen LogP contribution in [0.4, 0.5) is 0 Å². The SMILES string of the molecule is OCC(O)[C@@H]1N[C@@H](c2ccc[nH]2)[C@@H](O)[C@H]1O. The lowest BCUT2D eigenvalue weighted by molar-refractivity contribution is -0.0131. The molecule has 1 aromatic rings. The summed E-state index contributed by atoms with van der Waals surface area (Å²) >= 11 is 0. The highest BCUT2D eigenvalue weighted by Crippen LogP contribution is 2.27. The van der Waals surface area contributed by atoms with Crippen LogP contribution in [0.1, 0.15) is 11.7 Å². The molecule has 1 saturated heterocycles. The van der Waals surface area contributed by atoms with Gasteiger partial charge in [0.1, 0.15) is 6.10 Å². The molecule has 1 fully saturated rings. The van der Waals surface area contributed by atoms with Gasteiger partial charge in [-0.3, -0.25) is 5.32 Å². The monoisotopic (exact) mass is 228 g/mol. The predicted molar refractivity (Wildman–Crippen MR) is 55.6 cm³/mol. The molecular weight excluding hydrogens is 212 g/mol. The van der Waals surface area contributed by atoms with Gasteiger partial charge in [-0.2, -0.15) is 0 Å². The van der Waals surface area contributed by atoms with E-state index in [0.29, 0.717) is 0 Å². The summed E-state index contributed by atoms with van der Waals surface area (Å²) < 4.78 is 0. The zero-order chi connectivity index (χ0) is 11.7. The van der Waals surface area contributed by atoms with Crippen molar-refractivity contribution in [1.29, 1.82) is 0 Å². The molecule has 6 heteroatoms. The number of aliphatic hydroxyl groups is 4. The van der Waals surface area contributed by atoms with Crippen LogP contribution < -0.4 is 5.32 Å². The van der Waals surface area contributed by atoms with E-state index in [9.17, 15) is 15.3 Å². The lowest BCUT2D eigenvalue weighted by Gasteiger charge is -2.19. The summed E-state index contributed by atoms with van der Waals surface area (Å²) in [5.74, 6) is 0. The number of H-pyrrole nitrogens is 1. The van der Waals surface area contributed by atoms with Crippen molar-refractivity contribution in [3.63, 3.8) is 0 Å². The van der Waals surface area contributed by atoms with Gasteiger partial charge < -0.3 is 25.4 Å². The van der Waals surface area contributed by atoms with Gasteiger partial charge >= 0.3 is 0 Å². The number of nitrogens with one attached hydrogen (secondary N) is 2. The van der Waals surface area contributed by atoms with Crippen molar-refractivity contribution in [3.05, 3.63) is 24.0 Å². The van der Waals surface area contributed by atoms with Crippen LogP contribution >= 0.6 is 0 Å². The molecular formula is C10H16N2O4. The molecule has 2 heterocycles. The van der Waals surface area contributed by atoms with Gasteiger partial charge in [-0.25, -0.2) is 0 Å². The average molecular weight is 228 g/mol. The fourth-order valence-electron chi connectivity index (χ4n) is 2.08. The Morgan fingerprint density at radius 1 is 1.31 bits per heavy atom. The van der Waals surface area contributed by atoms with Gasteiger partial charge in [0.15, 0.2) is 0 Å². The Kier molecular flexibility index (Phi) is 3.27. The van der Waals surface area contributed by atoms with Gasteiger partial charge in [0, 0.05) is 11.9 Å². The predicted octanol–water partition coefficient (Wildman–Crippen LogP) is -1.90. The lowest BCUT2D eigenvalue weighted by Crippen LogP contribution is -2.45. The fourth-order valence-corrected chi connectivity index (χ4v) is 2.08. The first-order valence-corrected chi connectivity index (χ1v) is 5.19. The maximum absolute atomic E-state index is 9.82. The second-order valence-electron chi connectivity index (χ2n) is 4.03. The highest BCUT2D eigenvalue weighted by Gasteiger charge is 2.44. The molecule has 90 valence electrons. The first kappa shape index (κ1) is 11.6. The molecule has 1 aliphatic rings. The van der Waals surface area contributed by atoms with E-state index in [0.717, 1.165) is 5.69 Å². The normalized spacial score (nSPS) is 36.5. The molecule has 5 atom stereocenters. The van der Waals surface area contributed by atoms with E-state index in [1.807, 2.05) is 0 Å². The molecule has 0 aliphatic carbocycles. The van der Waals surface area contributed by atoms with Crippen molar-refractivity contribution in [2.24, 2.45) is 0 Å². The van der Waals surface area contributed by atoms with Crippen LogP contribution in [0.25, 0.3) is 0 Å². The van der Waals surface area contributed by atoms with Crippen LogP contribution in [0.3, 0.4) is 0 Å². The Bertz CT molecular complexity index is 330. The largest absolute Gasteiger partial charge is 0.394 e. The molecule has 0 aromatic carbocycles. The summed E-state index contributed by atoms with van der Waals surface area (Å²) in [4.78, 5) is 2.93. The Morgan fingerprint density at radius 2 is 2.06 bits per heavy atom. The van der Waals surface area contributed by atoms with E-state index < -0.39 is 37.0 Å². The van der Waals surface area contributed by atoms with E-state index in [1.54, 1.807) is 18.3 Å². The van der Waals surface area contributed by atoms with Gasteiger partial charge in [0.05, 0.1) is 30.9 Å². The van der Waals surface area contributed by atoms with Crippen LogP contribution in [0.15, 0.2) is 18.3 Å². The topological polar surface area (TPSA) is 109 Å². The molecule has 16 heavy (non-hydrogen) atoms. The van der Waals surface area contributed by atoms with Crippen molar-refractivity contribution in [3.8, 4) is 0 Å². The quantitative estimate of drug-likeness (QED) is 0.362. The molecule has 1 unspecified atom stereocenters. The van der Waals surface area contributed by atoms with Crippen LogP contribution in [0.2, 0.25) is 0 Å². The van der Waals surface area contributed by atoms with Gasteiger partial charge in [-0.1, -0.05) is 0 Å². The maximum Gasteiger partial charge on any atom is 0.102 e. The molecule has 0 amide bonds. The van der Waals surface area contributed by atoms with Gasteiger partial charge in [0.25, 0.3) is 0 Å². The van der Waals surface area contributed by atoms with Crippen LogP contribution in [0, 0.1) is 0 Å². The Morgan fingerprint density at radius 3 is 2.62 bits per heavy atom. The number of hydrogen-bond acceptors (Lipinski definition) is 5. The Hall–Kier alpha value is -0.920. The zero-order valence-corrected chi connectivity index (χ0v) is 8.61. The third kappa shape index (κ3) is 1.85. The third-order valence-electron chi connectivity index (χ3n) is 2.99. The van der Waals surface area contributed by atoms with E-state index in [4.69, 9.17) is 5.11 Å².